The van der Waals surface area contributed by atoms with Crippen LogP contribution in [0.1, 0.15) is 29.7 Å². The van der Waals surface area contributed by atoms with Gasteiger partial charge in [-0.2, -0.15) is 18.3 Å². The van der Waals surface area contributed by atoms with Gasteiger partial charge < -0.3 is 10.6 Å². The molecule has 1 aliphatic heterocycles. The number of amides is 1. The van der Waals surface area contributed by atoms with Crippen LogP contribution < -0.4 is 21.5 Å². The fourth-order valence-electron chi connectivity index (χ4n) is 3.58. The first kappa shape index (κ1) is 20.9. The summed E-state index contributed by atoms with van der Waals surface area (Å²) < 4.78 is 40.9. The van der Waals surface area contributed by atoms with E-state index >= 15 is 0 Å². The van der Waals surface area contributed by atoms with Crippen molar-refractivity contribution >= 4 is 45.5 Å². The van der Waals surface area contributed by atoms with Crippen LogP contribution in [0.5, 0.6) is 0 Å². The molecule has 2 aromatic carbocycles. The smallest absolute Gasteiger partial charge is 0.367 e. The van der Waals surface area contributed by atoms with Crippen LogP contribution in [0.3, 0.4) is 0 Å². The molecule has 0 unspecified atom stereocenters. The van der Waals surface area contributed by atoms with Crippen molar-refractivity contribution in [3.8, 4) is 0 Å². The Balaban J connectivity index is 1.45. The molecule has 0 radical (unpaired) electrons. The predicted molar refractivity (Wildman–Crippen MR) is 116 cm³/mol. The zero-order valence-electron chi connectivity index (χ0n) is 16.3. The number of benzene rings is 2. The van der Waals surface area contributed by atoms with Crippen molar-refractivity contribution in [2.75, 3.05) is 10.6 Å². The number of nitrogens with one attached hydrogen (secondary N) is 4. The Kier molecular flexibility index (Phi) is 5.44. The second-order valence-electron chi connectivity index (χ2n) is 7.25. The molecule has 4 N–H and O–H groups in total. The minimum atomic E-state index is -4.47. The number of anilines is 2. The van der Waals surface area contributed by atoms with Crippen LogP contribution >= 0.6 is 12.2 Å². The summed E-state index contributed by atoms with van der Waals surface area (Å²) in [5, 5.41) is 11.8. The SMILES string of the molecule is C[C@H]1C[C@@H](C(F)(F)F)n2ncc(C(=O)NNC(=S)Nc3cccc4ccccc34)c2N1. The van der Waals surface area contributed by atoms with Crippen LogP contribution in [0.25, 0.3) is 10.8 Å². The summed E-state index contributed by atoms with van der Waals surface area (Å²) in [4.78, 5) is 12.6. The summed E-state index contributed by atoms with van der Waals surface area (Å²) in [6, 6.07) is 11.1. The van der Waals surface area contributed by atoms with Gasteiger partial charge in [0.05, 0.1) is 6.20 Å². The number of hydrogen-bond donors (Lipinski definition) is 4. The van der Waals surface area contributed by atoms with E-state index in [1.54, 1.807) is 6.92 Å². The summed E-state index contributed by atoms with van der Waals surface area (Å²) in [5.74, 6) is -0.640. The van der Waals surface area contributed by atoms with Crippen molar-refractivity contribution in [2.24, 2.45) is 0 Å². The Hall–Kier alpha value is -3.34. The molecular weight excluding hydrogens is 429 g/mol. The highest BCUT2D eigenvalue weighted by molar-refractivity contribution is 7.80. The quantitative estimate of drug-likeness (QED) is 0.351. The number of rotatable bonds is 2. The Labute approximate surface area is 181 Å². The van der Waals surface area contributed by atoms with E-state index in [-0.39, 0.29) is 22.9 Å². The molecule has 0 aliphatic carbocycles. The van der Waals surface area contributed by atoms with Crippen LogP contribution in [0.2, 0.25) is 0 Å². The van der Waals surface area contributed by atoms with Crippen molar-refractivity contribution < 1.29 is 18.0 Å². The normalized spacial score (nSPS) is 18.1. The van der Waals surface area contributed by atoms with Crippen molar-refractivity contribution in [1.82, 2.24) is 20.6 Å². The molecule has 4 rings (SSSR count). The molecular formula is C20H19F3N6OS. The molecule has 7 nitrogen and oxygen atoms in total. The van der Waals surface area contributed by atoms with Crippen molar-refractivity contribution in [1.29, 1.82) is 0 Å². The lowest BCUT2D eigenvalue weighted by molar-refractivity contribution is -0.173. The van der Waals surface area contributed by atoms with E-state index in [0.717, 1.165) is 27.3 Å². The third-order valence-corrected chi connectivity index (χ3v) is 5.20. The number of hydrazine groups is 1. The number of thiocarbonyl (C=S) groups is 1. The van der Waals surface area contributed by atoms with Gasteiger partial charge in [-0.15, -0.1) is 0 Å². The van der Waals surface area contributed by atoms with Gasteiger partial charge >= 0.3 is 6.18 Å². The Morgan fingerprint density at radius 1 is 1.19 bits per heavy atom. The highest BCUT2D eigenvalue weighted by Crippen LogP contribution is 2.40. The molecule has 2 atom stereocenters. The maximum atomic E-state index is 13.3. The number of fused-ring (bicyclic) bond motifs is 2. The van der Waals surface area contributed by atoms with Crippen LogP contribution in [-0.4, -0.2) is 33.0 Å². The Morgan fingerprint density at radius 2 is 1.94 bits per heavy atom. The molecule has 31 heavy (non-hydrogen) atoms. The molecule has 0 saturated carbocycles. The Bertz CT molecular complexity index is 1140. The van der Waals surface area contributed by atoms with Crippen LogP contribution in [0.4, 0.5) is 24.7 Å². The van der Waals surface area contributed by atoms with Gasteiger partial charge in [-0.3, -0.25) is 15.6 Å². The minimum Gasteiger partial charge on any atom is -0.367 e. The van der Waals surface area contributed by atoms with E-state index < -0.39 is 24.2 Å². The lowest BCUT2D eigenvalue weighted by atomic mass is 10.1. The first-order valence-corrected chi connectivity index (χ1v) is 9.90. The second-order valence-corrected chi connectivity index (χ2v) is 7.66. The number of hydrogen-bond acceptors (Lipinski definition) is 4. The number of alkyl halides is 3. The van der Waals surface area contributed by atoms with Crippen molar-refractivity contribution in [2.45, 2.75) is 31.6 Å². The van der Waals surface area contributed by atoms with E-state index in [1.165, 1.54) is 0 Å². The Morgan fingerprint density at radius 3 is 2.71 bits per heavy atom. The number of halogens is 3. The second kappa shape index (κ2) is 8.06. The highest BCUT2D eigenvalue weighted by Gasteiger charge is 2.46. The summed E-state index contributed by atoms with van der Waals surface area (Å²) in [7, 11) is 0. The summed E-state index contributed by atoms with van der Waals surface area (Å²) in [6.45, 7) is 1.62. The standard InChI is InChI=1S/C20H19F3N6OS/c1-11-9-16(20(21,22)23)29-17(25-11)14(10-24-29)18(30)27-28-19(31)26-15-8-4-6-12-5-2-3-7-13(12)15/h2-8,10-11,16,25H,9H2,1H3,(H,27,30)(H2,26,28,31)/t11-,16-/m0/s1. The molecule has 2 heterocycles. The van der Waals surface area contributed by atoms with Gasteiger partial charge in [0.1, 0.15) is 11.4 Å². The van der Waals surface area contributed by atoms with E-state index in [9.17, 15) is 18.0 Å². The molecule has 1 aromatic heterocycles. The largest absolute Gasteiger partial charge is 0.410 e. The van der Waals surface area contributed by atoms with Crippen molar-refractivity contribution in [3.63, 3.8) is 0 Å². The molecule has 162 valence electrons. The van der Waals surface area contributed by atoms with E-state index in [1.807, 2.05) is 42.5 Å². The number of carbonyl (C=O) groups excluding carboxylic acids is 1. The lowest BCUT2D eigenvalue weighted by Crippen LogP contribution is -2.44. The van der Waals surface area contributed by atoms with Gasteiger partial charge in [-0.05, 0) is 37.0 Å². The molecule has 0 fully saturated rings. The average molecular weight is 448 g/mol. The molecule has 0 spiro atoms. The van der Waals surface area contributed by atoms with Crippen LogP contribution in [0, 0.1) is 0 Å². The van der Waals surface area contributed by atoms with Gasteiger partial charge in [-0.1, -0.05) is 36.4 Å². The first-order chi connectivity index (χ1) is 14.7. The summed E-state index contributed by atoms with van der Waals surface area (Å²) in [5.41, 5.74) is 5.72. The summed E-state index contributed by atoms with van der Waals surface area (Å²) >= 11 is 5.23. The molecule has 1 aliphatic rings. The maximum absolute atomic E-state index is 13.3. The monoisotopic (exact) mass is 448 g/mol. The van der Waals surface area contributed by atoms with Crippen molar-refractivity contribution in [3.05, 3.63) is 54.2 Å². The number of nitrogens with zero attached hydrogens (tertiary/aromatic N) is 2. The molecule has 0 bridgehead atoms. The van der Waals surface area contributed by atoms with Gasteiger partial charge in [0.2, 0.25) is 0 Å². The summed E-state index contributed by atoms with van der Waals surface area (Å²) in [6.07, 6.45) is -3.53. The zero-order valence-corrected chi connectivity index (χ0v) is 17.1. The van der Waals surface area contributed by atoms with Crippen LogP contribution in [-0.2, 0) is 0 Å². The first-order valence-electron chi connectivity index (χ1n) is 9.50. The molecule has 11 heteroatoms. The third kappa shape index (κ3) is 4.26. The lowest BCUT2D eigenvalue weighted by Gasteiger charge is -2.31. The van der Waals surface area contributed by atoms with Crippen LogP contribution in [0.15, 0.2) is 48.7 Å². The average Bonchev–Trinajstić information content (AvgIpc) is 3.14. The minimum absolute atomic E-state index is 0.0127. The fraction of sp³-hybridized carbons (Fsp3) is 0.250. The zero-order chi connectivity index (χ0) is 22.2. The maximum Gasteiger partial charge on any atom is 0.410 e. The van der Waals surface area contributed by atoms with Gasteiger partial charge in [-0.25, -0.2) is 4.68 Å². The predicted octanol–water partition coefficient (Wildman–Crippen LogP) is 3.98. The van der Waals surface area contributed by atoms with Gasteiger partial charge in [0.25, 0.3) is 5.91 Å². The van der Waals surface area contributed by atoms with E-state index in [2.05, 4.69) is 26.6 Å². The van der Waals surface area contributed by atoms with Gasteiger partial charge in [0, 0.05) is 17.1 Å². The van der Waals surface area contributed by atoms with E-state index in [4.69, 9.17) is 12.2 Å². The van der Waals surface area contributed by atoms with E-state index in [0.29, 0.717) is 0 Å². The number of aromatic nitrogens is 2. The molecule has 3 aromatic rings. The molecule has 0 saturated heterocycles. The fourth-order valence-corrected chi connectivity index (χ4v) is 3.74. The third-order valence-electron chi connectivity index (χ3n) is 5.00. The topological polar surface area (TPSA) is 83.0 Å². The molecule has 1 amide bonds. The highest BCUT2D eigenvalue weighted by atomic mass is 32.1. The number of carbonyl (C=O) groups is 1. The van der Waals surface area contributed by atoms with Gasteiger partial charge in [0.15, 0.2) is 11.2 Å².